The van der Waals surface area contributed by atoms with Crippen LogP contribution in [0.3, 0.4) is 0 Å². The van der Waals surface area contributed by atoms with Gasteiger partial charge in [-0.25, -0.2) is 9.67 Å². The van der Waals surface area contributed by atoms with E-state index in [1.165, 1.54) is 9.56 Å². The number of aryl methyl sites for hydroxylation is 2. The minimum atomic E-state index is -0.119. The molecule has 0 amide bonds. The molecule has 7 nitrogen and oxygen atoms in total. The third-order valence-electron chi connectivity index (χ3n) is 5.04. The molecule has 4 rings (SSSR count). The van der Waals surface area contributed by atoms with Gasteiger partial charge in [0.05, 0.1) is 12.7 Å². The number of piperidine rings is 1. The van der Waals surface area contributed by atoms with Crippen LogP contribution in [0.5, 0.6) is 0 Å². The van der Waals surface area contributed by atoms with Gasteiger partial charge in [0.15, 0.2) is 0 Å². The second-order valence-electron chi connectivity index (χ2n) is 7.01. The van der Waals surface area contributed by atoms with Gasteiger partial charge in [0.25, 0.3) is 5.56 Å². The number of imidazole rings is 1. The monoisotopic (exact) mass is 396 g/mol. The van der Waals surface area contributed by atoms with Gasteiger partial charge in [-0.05, 0) is 31.2 Å². The van der Waals surface area contributed by atoms with Crippen LogP contribution >= 0.6 is 11.3 Å². The molecule has 146 valence electrons. The van der Waals surface area contributed by atoms with Crippen LogP contribution in [0.1, 0.15) is 24.6 Å². The number of hydrogen-bond donors (Lipinski definition) is 1. The van der Waals surface area contributed by atoms with Gasteiger partial charge in [-0.3, -0.25) is 9.36 Å². The first kappa shape index (κ1) is 18.7. The molecule has 1 atom stereocenters. The van der Waals surface area contributed by atoms with Gasteiger partial charge in [-0.15, -0.1) is 17.3 Å². The van der Waals surface area contributed by atoms with Crippen molar-refractivity contribution in [3.63, 3.8) is 0 Å². The SMILES string of the molecule is CC#CCn1c(N2CCCC(N)C2)nc2cnn(CCc3cccs3)c(=O)c21. The zero-order valence-electron chi connectivity index (χ0n) is 16.0. The van der Waals surface area contributed by atoms with Crippen molar-refractivity contribution >= 4 is 28.3 Å². The van der Waals surface area contributed by atoms with Crippen molar-refractivity contribution in [3.8, 4) is 11.8 Å². The summed E-state index contributed by atoms with van der Waals surface area (Å²) in [4.78, 5) is 21.3. The number of nitrogens with two attached hydrogens (primary N) is 1. The summed E-state index contributed by atoms with van der Waals surface area (Å²) in [6.45, 7) is 4.40. The summed E-state index contributed by atoms with van der Waals surface area (Å²) in [6.07, 6.45) is 4.51. The number of nitrogens with zero attached hydrogens (tertiary/aromatic N) is 5. The van der Waals surface area contributed by atoms with E-state index >= 15 is 0 Å². The normalized spacial score (nSPS) is 16.9. The first-order valence-corrected chi connectivity index (χ1v) is 10.4. The van der Waals surface area contributed by atoms with Crippen LogP contribution in [-0.2, 0) is 19.5 Å². The van der Waals surface area contributed by atoms with Crippen LogP contribution in [0.2, 0.25) is 0 Å². The van der Waals surface area contributed by atoms with Gasteiger partial charge >= 0.3 is 0 Å². The van der Waals surface area contributed by atoms with Crippen molar-refractivity contribution in [2.75, 3.05) is 18.0 Å². The number of aromatic nitrogens is 4. The summed E-state index contributed by atoms with van der Waals surface area (Å²) in [5.74, 6) is 6.77. The van der Waals surface area contributed by atoms with Gasteiger partial charge in [-0.2, -0.15) is 5.10 Å². The predicted molar refractivity (Wildman–Crippen MR) is 113 cm³/mol. The largest absolute Gasteiger partial charge is 0.341 e. The molecule has 0 bridgehead atoms. The molecule has 1 aliphatic heterocycles. The second kappa shape index (κ2) is 8.17. The van der Waals surface area contributed by atoms with E-state index in [4.69, 9.17) is 10.7 Å². The standard InChI is InChI=1S/C20H24N6OS/c1-2-3-10-25-18-17(23-20(25)24-9-4-6-15(21)14-24)13-22-26(19(18)27)11-8-16-7-5-12-28-16/h5,7,12-13,15H,4,6,8-11,14,21H2,1H3. The first-order valence-electron chi connectivity index (χ1n) is 9.56. The van der Waals surface area contributed by atoms with Crippen molar-refractivity contribution < 1.29 is 0 Å². The van der Waals surface area contributed by atoms with E-state index in [0.717, 1.165) is 38.3 Å². The molecule has 1 saturated heterocycles. The first-order chi connectivity index (χ1) is 13.7. The fourth-order valence-electron chi connectivity index (χ4n) is 3.64. The van der Waals surface area contributed by atoms with Crippen LogP contribution in [0.25, 0.3) is 11.0 Å². The highest BCUT2D eigenvalue weighted by atomic mass is 32.1. The lowest BCUT2D eigenvalue weighted by atomic mass is 10.1. The summed E-state index contributed by atoms with van der Waals surface area (Å²) in [7, 11) is 0. The average Bonchev–Trinajstić information content (AvgIpc) is 3.34. The lowest BCUT2D eigenvalue weighted by Gasteiger charge is -2.31. The molecular weight excluding hydrogens is 372 g/mol. The molecule has 0 radical (unpaired) electrons. The Bertz CT molecular complexity index is 1070. The molecular formula is C20H24N6OS. The molecule has 3 aromatic rings. The zero-order chi connectivity index (χ0) is 19.5. The summed E-state index contributed by atoms with van der Waals surface area (Å²) in [5.41, 5.74) is 7.23. The maximum Gasteiger partial charge on any atom is 0.293 e. The Hall–Kier alpha value is -2.63. The van der Waals surface area contributed by atoms with Crippen molar-refractivity contribution in [1.29, 1.82) is 0 Å². The Morgan fingerprint density at radius 2 is 2.32 bits per heavy atom. The fraction of sp³-hybridized carbons (Fsp3) is 0.450. The topological polar surface area (TPSA) is 82.0 Å². The molecule has 1 fully saturated rings. The van der Waals surface area contributed by atoms with E-state index in [-0.39, 0.29) is 11.6 Å². The number of thiophene rings is 1. The summed E-state index contributed by atoms with van der Waals surface area (Å²) in [6, 6.07) is 4.22. The lowest BCUT2D eigenvalue weighted by Crippen LogP contribution is -2.44. The van der Waals surface area contributed by atoms with Crippen LogP contribution < -0.4 is 16.2 Å². The van der Waals surface area contributed by atoms with Crippen molar-refractivity contribution in [2.24, 2.45) is 5.73 Å². The molecule has 0 spiro atoms. The highest BCUT2D eigenvalue weighted by Gasteiger charge is 2.24. The number of anilines is 1. The third kappa shape index (κ3) is 3.68. The van der Waals surface area contributed by atoms with Crippen LogP contribution in [-0.4, -0.2) is 38.5 Å². The third-order valence-corrected chi connectivity index (χ3v) is 5.97. The maximum absolute atomic E-state index is 13.2. The summed E-state index contributed by atoms with van der Waals surface area (Å²) < 4.78 is 3.46. The smallest absolute Gasteiger partial charge is 0.293 e. The Morgan fingerprint density at radius 3 is 3.07 bits per heavy atom. The van der Waals surface area contributed by atoms with Gasteiger partial charge in [-0.1, -0.05) is 12.0 Å². The Labute approximate surface area is 167 Å². The minimum absolute atomic E-state index is 0.119. The molecule has 28 heavy (non-hydrogen) atoms. The van der Waals surface area contributed by atoms with Crippen molar-refractivity contribution in [3.05, 3.63) is 38.9 Å². The van der Waals surface area contributed by atoms with E-state index in [1.54, 1.807) is 24.5 Å². The summed E-state index contributed by atoms with van der Waals surface area (Å²) in [5, 5.41) is 6.40. The number of rotatable bonds is 5. The van der Waals surface area contributed by atoms with E-state index in [1.807, 2.05) is 16.0 Å². The quantitative estimate of drug-likeness (QED) is 0.666. The molecule has 1 aliphatic rings. The van der Waals surface area contributed by atoms with Crippen LogP contribution in [0, 0.1) is 11.8 Å². The molecule has 1 unspecified atom stereocenters. The maximum atomic E-state index is 13.2. The molecule has 0 aromatic carbocycles. The van der Waals surface area contributed by atoms with Gasteiger partial charge in [0.1, 0.15) is 11.0 Å². The highest BCUT2D eigenvalue weighted by Crippen LogP contribution is 2.23. The lowest BCUT2D eigenvalue weighted by molar-refractivity contribution is 0.496. The van der Waals surface area contributed by atoms with Gasteiger partial charge < -0.3 is 10.6 Å². The number of hydrogen-bond acceptors (Lipinski definition) is 6. The Kier molecular flexibility index (Phi) is 5.46. The molecule has 3 aromatic heterocycles. The van der Waals surface area contributed by atoms with Crippen molar-refractivity contribution in [1.82, 2.24) is 19.3 Å². The number of fused-ring (bicyclic) bond motifs is 1. The molecule has 4 heterocycles. The zero-order valence-corrected chi connectivity index (χ0v) is 16.8. The molecule has 2 N–H and O–H groups in total. The van der Waals surface area contributed by atoms with Gasteiger partial charge in [0, 0.05) is 37.0 Å². The van der Waals surface area contributed by atoms with Crippen LogP contribution in [0.4, 0.5) is 5.95 Å². The van der Waals surface area contributed by atoms with Gasteiger partial charge in [0.2, 0.25) is 5.95 Å². The van der Waals surface area contributed by atoms with E-state index in [0.29, 0.717) is 24.1 Å². The van der Waals surface area contributed by atoms with E-state index in [9.17, 15) is 4.79 Å². The summed E-state index contributed by atoms with van der Waals surface area (Å²) >= 11 is 1.69. The second-order valence-corrected chi connectivity index (χ2v) is 8.04. The van der Waals surface area contributed by atoms with Crippen molar-refractivity contribution in [2.45, 2.75) is 45.3 Å². The average molecular weight is 397 g/mol. The van der Waals surface area contributed by atoms with E-state index in [2.05, 4.69) is 27.9 Å². The molecule has 0 saturated carbocycles. The molecule has 8 heteroatoms. The fourth-order valence-corrected chi connectivity index (χ4v) is 4.34. The molecule has 0 aliphatic carbocycles. The van der Waals surface area contributed by atoms with Crippen LogP contribution in [0.15, 0.2) is 28.5 Å². The van der Waals surface area contributed by atoms with E-state index < -0.39 is 0 Å². The minimum Gasteiger partial charge on any atom is -0.341 e. The Balaban J connectivity index is 1.74. The highest BCUT2D eigenvalue weighted by molar-refractivity contribution is 7.09. The predicted octanol–water partition coefficient (Wildman–Crippen LogP) is 1.85. The Morgan fingerprint density at radius 1 is 1.43 bits per heavy atom.